The first kappa shape index (κ1) is 17.8. The largest absolute Gasteiger partial charge is 0.310 e. The third-order valence-corrected chi connectivity index (χ3v) is 7.12. The fraction of sp³-hybridized carbons (Fsp3) is 0.500. The van der Waals surface area contributed by atoms with Crippen LogP contribution in [0.3, 0.4) is 0 Å². The Morgan fingerprint density at radius 3 is 2.43 bits per heavy atom. The molecule has 1 aromatic heterocycles. The number of nitrogens with zero attached hydrogens (tertiary/aromatic N) is 1. The minimum Gasteiger partial charge on any atom is -0.310 e. The highest BCUT2D eigenvalue weighted by Crippen LogP contribution is 2.36. The van der Waals surface area contributed by atoms with Gasteiger partial charge in [0.1, 0.15) is 4.21 Å². The van der Waals surface area contributed by atoms with Gasteiger partial charge >= 0.3 is 5.69 Å². The maximum absolute atomic E-state index is 11.9. The normalized spacial score (nSPS) is 12.3. The van der Waals surface area contributed by atoms with Gasteiger partial charge in [-0.1, -0.05) is 18.3 Å². The summed E-state index contributed by atoms with van der Waals surface area (Å²) in [7, 11) is -7.34. The van der Waals surface area contributed by atoms with Gasteiger partial charge in [-0.25, -0.2) is 27.4 Å². The number of rotatable bonds is 8. The van der Waals surface area contributed by atoms with Crippen LogP contribution in [-0.2, 0) is 19.9 Å². The van der Waals surface area contributed by atoms with Crippen LogP contribution in [0.1, 0.15) is 6.92 Å². The summed E-state index contributed by atoms with van der Waals surface area (Å²) in [5.74, 6) is 4.64. The molecule has 10 nitrogen and oxygen atoms in total. The van der Waals surface area contributed by atoms with Crippen LogP contribution in [0.4, 0.5) is 10.7 Å². The molecule has 0 saturated carbocycles. The summed E-state index contributed by atoms with van der Waals surface area (Å²) in [5.41, 5.74) is 1.58. The van der Waals surface area contributed by atoms with Crippen molar-refractivity contribution in [3.05, 3.63) is 16.2 Å². The molecule has 0 saturated heterocycles. The molecule has 0 atom stereocenters. The van der Waals surface area contributed by atoms with E-state index in [1.54, 1.807) is 0 Å². The summed E-state index contributed by atoms with van der Waals surface area (Å²) < 4.78 is 48.1. The lowest BCUT2D eigenvalue weighted by atomic mass is 10.5. The second-order valence-corrected chi connectivity index (χ2v) is 9.33. The number of thiophene rings is 1. The van der Waals surface area contributed by atoms with E-state index in [4.69, 9.17) is 5.84 Å². The van der Waals surface area contributed by atoms with Gasteiger partial charge in [-0.05, 0) is 0 Å². The highest BCUT2D eigenvalue weighted by atomic mass is 32.2. The molecule has 0 amide bonds. The monoisotopic (exact) mass is 358 g/mol. The Labute approximate surface area is 125 Å². The zero-order valence-corrected chi connectivity index (χ0v) is 13.3. The highest BCUT2D eigenvalue weighted by Gasteiger charge is 2.26. The number of hydrazine groups is 1. The number of nitrogens with two attached hydrogens (primary N) is 1. The second-order valence-electron chi connectivity index (χ2n) is 3.82. The molecule has 13 heteroatoms. The Balaban J connectivity index is 2.91. The van der Waals surface area contributed by atoms with Crippen LogP contribution in [0, 0.1) is 10.1 Å². The number of hydrogen-bond donors (Lipinski definition) is 3. The minimum atomic E-state index is -4.03. The van der Waals surface area contributed by atoms with Crippen LogP contribution < -0.4 is 16.0 Å². The molecule has 1 heterocycles. The van der Waals surface area contributed by atoms with Gasteiger partial charge in [-0.2, -0.15) is 0 Å². The minimum absolute atomic E-state index is 0.0968. The van der Waals surface area contributed by atoms with Crippen molar-refractivity contribution in [3.8, 4) is 0 Å². The van der Waals surface area contributed by atoms with Crippen molar-refractivity contribution in [1.82, 2.24) is 4.72 Å². The summed E-state index contributed by atoms with van der Waals surface area (Å²) >= 11 is 0.581. The van der Waals surface area contributed by atoms with Gasteiger partial charge in [0, 0.05) is 18.4 Å². The quantitative estimate of drug-likeness (QED) is 0.323. The highest BCUT2D eigenvalue weighted by molar-refractivity contribution is 7.92. The number of sulfone groups is 1. The van der Waals surface area contributed by atoms with Gasteiger partial charge in [0.25, 0.3) is 0 Å². The van der Waals surface area contributed by atoms with Crippen LogP contribution in [0.2, 0.25) is 0 Å². The van der Waals surface area contributed by atoms with Crippen molar-refractivity contribution in [2.24, 2.45) is 5.84 Å². The molecule has 0 radical (unpaired) electrons. The number of sulfonamides is 1. The van der Waals surface area contributed by atoms with E-state index >= 15 is 0 Å². The molecule has 0 aliphatic rings. The molecule has 0 aliphatic carbocycles. The van der Waals surface area contributed by atoms with E-state index in [1.807, 2.05) is 5.43 Å². The summed E-state index contributed by atoms with van der Waals surface area (Å²) in [6.07, 6.45) is 0. The van der Waals surface area contributed by atoms with E-state index < -0.39 is 30.5 Å². The zero-order valence-electron chi connectivity index (χ0n) is 10.9. The van der Waals surface area contributed by atoms with Crippen molar-refractivity contribution in [2.45, 2.75) is 11.1 Å². The van der Waals surface area contributed by atoms with Crippen molar-refractivity contribution >= 4 is 41.9 Å². The maximum atomic E-state index is 11.9. The molecule has 1 aromatic rings. The molecule has 0 fully saturated rings. The van der Waals surface area contributed by atoms with Crippen LogP contribution >= 0.6 is 11.3 Å². The van der Waals surface area contributed by atoms with Gasteiger partial charge < -0.3 is 5.43 Å². The van der Waals surface area contributed by atoms with Crippen LogP contribution in [0.15, 0.2) is 10.3 Å². The van der Waals surface area contributed by atoms with E-state index in [0.717, 1.165) is 6.07 Å². The summed E-state index contributed by atoms with van der Waals surface area (Å²) in [4.78, 5) is 9.96. The standard InChI is InChI=1S/C8H14N4O6S3/c1-2-20(15,16)4-3-10-21(17,18)7-5-6(12(13)14)8(11-9)19-7/h5,10-11H,2-4,9H2,1H3. The van der Waals surface area contributed by atoms with Crippen LogP contribution in [0.25, 0.3) is 0 Å². The lowest BCUT2D eigenvalue weighted by molar-refractivity contribution is -0.383. The molecule has 1 rings (SSSR count). The molecule has 4 N–H and O–H groups in total. The average molecular weight is 358 g/mol. The topological polar surface area (TPSA) is 162 Å². The van der Waals surface area contributed by atoms with E-state index in [9.17, 15) is 26.9 Å². The molecular formula is C8H14N4O6S3. The lowest BCUT2D eigenvalue weighted by Crippen LogP contribution is -2.29. The second kappa shape index (κ2) is 6.65. The van der Waals surface area contributed by atoms with Crippen LogP contribution in [-0.4, -0.2) is 39.8 Å². The fourth-order valence-corrected chi connectivity index (χ4v) is 4.42. The van der Waals surface area contributed by atoms with Crippen molar-refractivity contribution in [2.75, 3.05) is 23.5 Å². The number of nitro groups is 1. The Hall–Kier alpha value is -1.28. The Kier molecular flexibility index (Phi) is 5.63. The number of nitrogen functional groups attached to an aromatic ring is 1. The Bertz CT molecular complexity index is 723. The molecule has 0 aromatic carbocycles. The van der Waals surface area contributed by atoms with Gasteiger partial charge in [0.2, 0.25) is 10.0 Å². The van der Waals surface area contributed by atoms with E-state index in [-0.39, 0.29) is 27.3 Å². The van der Waals surface area contributed by atoms with E-state index in [0.29, 0.717) is 11.3 Å². The number of anilines is 1. The van der Waals surface area contributed by atoms with Crippen molar-refractivity contribution in [3.63, 3.8) is 0 Å². The summed E-state index contributed by atoms with van der Waals surface area (Å²) in [6, 6.07) is 0.858. The molecular weight excluding hydrogens is 344 g/mol. The predicted octanol–water partition coefficient (Wildman–Crippen LogP) is -0.345. The molecule has 0 spiro atoms. The Morgan fingerprint density at radius 2 is 2.00 bits per heavy atom. The third kappa shape index (κ3) is 4.60. The number of nitrogens with one attached hydrogen (secondary N) is 2. The summed E-state index contributed by atoms with van der Waals surface area (Å²) in [6.45, 7) is 1.14. The first-order valence-corrected chi connectivity index (χ1v) is 9.70. The molecule has 0 unspecified atom stereocenters. The SMILES string of the molecule is CCS(=O)(=O)CCNS(=O)(=O)c1cc([N+](=O)[O-])c(NN)s1. The molecule has 0 aliphatic heterocycles. The first-order chi connectivity index (χ1) is 9.63. The molecule has 120 valence electrons. The fourth-order valence-electron chi connectivity index (χ4n) is 1.28. The predicted molar refractivity (Wildman–Crippen MR) is 78.3 cm³/mol. The van der Waals surface area contributed by atoms with Gasteiger partial charge in [0.15, 0.2) is 14.8 Å². The van der Waals surface area contributed by atoms with Crippen LogP contribution in [0.5, 0.6) is 0 Å². The Morgan fingerprint density at radius 1 is 1.38 bits per heavy atom. The molecule has 21 heavy (non-hydrogen) atoms. The van der Waals surface area contributed by atoms with E-state index in [1.165, 1.54) is 6.92 Å². The number of hydrogen-bond acceptors (Lipinski definition) is 9. The van der Waals surface area contributed by atoms with Gasteiger partial charge in [0.05, 0.1) is 10.7 Å². The molecule has 0 bridgehead atoms. The van der Waals surface area contributed by atoms with Gasteiger partial charge in [-0.15, -0.1) is 0 Å². The zero-order chi connectivity index (χ0) is 16.3. The third-order valence-electron chi connectivity index (χ3n) is 2.43. The van der Waals surface area contributed by atoms with E-state index in [2.05, 4.69) is 4.72 Å². The maximum Gasteiger partial charge on any atom is 0.306 e. The lowest BCUT2D eigenvalue weighted by Gasteiger charge is -2.04. The average Bonchev–Trinajstić information content (AvgIpc) is 2.83. The van der Waals surface area contributed by atoms with Crippen molar-refractivity contribution in [1.29, 1.82) is 0 Å². The van der Waals surface area contributed by atoms with Gasteiger partial charge in [-0.3, -0.25) is 10.1 Å². The first-order valence-electron chi connectivity index (χ1n) is 5.58. The smallest absolute Gasteiger partial charge is 0.306 e. The van der Waals surface area contributed by atoms with Crippen molar-refractivity contribution < 1.29 is 21.8 Å². The summed E-state index contributed by atoms with van der Waals surface area (Å²) in [5, 5.41) is 10.6.